The first-order chi connectivity index (χ1) is 1.91. The van der Waals surface area contributed by atoms with Crippen LogP contribution >= 0.6 is 0 Å². The van der Waals surface area contributed by atoms with Gasteiger partial charge in [-0.3, -0.25) is 6.54 Å². The largest absolute Gasteiger partial charge is 1.00 e. The summed E-state index contributed by atoms with van der Waals surface area (Å²) in [6.45, 7) is 3.62. The van der Waals surface area contributed by atoms with Gasteiger partial charge in [-0.1, -0.05) is 6.92 Å². The van der Waals surface area contributed by atoms with Gasteiger partial charge in [-0.15, -0.1) is 0 Å². The Morgan fingerprint density at radius 1 is 1.80 bits per heavy atom. The van der Waals surface area contributed by atoms with Crippen LogP contribution in [0.3, 0.4) is 0 Å². The predicted molar refractivity (Wildman–Crippen MR) is 18.8 cm³/mol. The molecule has 2 N–H and O–H groups in total. The van der Waals surface area contributed by atoms with E-state index in [9.17, 15) is 0 Å². The summed E-state index contributed by atoms with van der Waals surface area (Å²) in [5.74, 6) is 0. The summed E-state index contributed by atoms with van der Waals surface area (Å²) in [6.07, 6.45) is 0.972. The molecule has 0 aliphatic rings. The van der Waals surface area contributed by atoms with Crippen LogP contribution < -0.4 is 63.9 Å². The summed E-state index contributed by atoms with van der Waals surface area (Å²) in [5, 5.41) is 0. The van der Waals surface area contributed by atoms with Crippen LogP contribution in [0.15, 0.2) is 0 Å². The van der Waals surface area contributed by atoms with E-state index < -0.39 is 0 Å². The third-order valence-electron chi connectivity index (χ3n) is 0.236. The molecule has 26 valence electrons. The molecule has 0 atom stereocenters. The van der Waals surface area contributed by atoms with Gasteiger partial charge in [0.1, 0.15) is 0 Å². The molecule has 0 amide bonds. The van der Waals surface area contributed by atoms with Crippen molar-refractivity contribution in [2.45, 2.75) is 13.3 Å². The van der Waals surface area contributed by atoms with Crippen LogP contribution in [0.2, 0.25) is 0 Å². The van der Waals surface area contributed by atoms with Crippen molar-refractivity contribution >= 4 is 0 Å². The van der Waals surface area contributed by atoms with Crippen molar-refractivity contribution in [2.75, 3.05) is 0 Å². The van der Waals surface area contributed by atoms with Crippen molar-refractivity contribution in [1.82, 2.24) is 0 Å². The summed E-state index contributed by atoms with van der Waals surface area (Å²) in [6, 6.07) is 0. The Balaban J connectivity index is 0. The molecule has 0 fully saturated rings. The van der Waals surface area contributed by atoms with E-state index in [1.54, 1.807) is 6.54 Å². The zero-order chi connectivity index (χ0) is 3.41. The Morgan fingerprint density at radius 3 is 2.00 bits per heavy atom. The van der Waals surface area contributed by atoms with Crippen LogP contribution in [0.1, 0.15) is 13.3 Å². The zero-order valence-corrected chi connectivity index (χ0v) is 8.78. The van der Waals surface area contributed by atoms with Gasteiger partial charge in [0.2, 0.25) is 0 Å². The fourth-order valence-corrected chi connectivity index (χ4v) is 0. The fraction of sp³-hybridized carbons (Fsp3) is 0.667. The standard InChI is InChI=1S/C3H8N.Rb/c1-2-3-4;/h3H,2,4H2,1H3;/q-1;+1. The maximum Gasteiger partial charge on any atom is 1.00 e. The molecule has 0 bridgehead atoms. The van der Waals surface area contributed by atoms with Crippen molar-refractivity contribution in [3.63, 3.8) is 0 Å². The Kier molecular flexibility index (Phi) is 18.3. The second-order valence-corrected chi connectivity index (χ2v) is 0.644. The maximum atomic E-state index is 4.90. The van der Waals surface area contributed by atoms with Gasteiger partial charge < -0.3 is 5.73 Å². The first kappa shape index (κ1) is 9.90. The fourth-order valence-electron chi connectivity index (χ4n) is 0. The summed E-state index contributed by atoms with van der Waals surface area (Å²) in [7, 11) is 0. The summed E-state index contributed by atoms with van der Waals surface area (Å²) in [4.78, 5) is 0. The van der Waals surface area contributed by atoms with Crippen molar-refractivity contribution in [3.8, 4) is 0 Å². The third-order valence-corrected chi connectivity index (χ3v) is 0.236. The van der Waals surface area contributed by atoms with Gasteiger partial charge in [0.15, 0.2) is 0 Å². The Labute approximate surface area is 82.1 Å². The Morgan fingerprint density at radius 2 is 2.00 bits per heavy atom. The SMILES string of the molecule is CC[CH-]N.[Rb+]. The molecule has 0 unspecified atom stereocenters. The van der Waals surface area contributed by atoms with Gasteiger partial charge in [-0.25, -0.2) is 0 Å². The molecule has 0 aliphatic heterocycles. The van der Waals surface area contributed by atoms with E-state index in [2.05, 4.69) is 0 Å². The maximum absolute atomic E-state index is 4.90. The number of nitrogens with two attached hydrogens (primary N) is 1. The van der Waals surface area contributed by atoms with Crippen LogP contribution in [0, 0.1) is 6.54 Å². The van der Waals surface area contributed by atoms with Crippen LogP contribution in [0.25, 0.3) is 0 Å². The molecule has 0 heterocycles. The minimum atomic E-state index is 0. The van der Waals surface area contributed by atoms with Gasteiger partial charge in [0.05, 0.1) is 0 Å². The summed E-state index contributed by atoms with van der Waals surface area (Å²) < 4.78 is 0. The molecule has 0 rings (SSSR count). The molecule has 0 saturated heterocycles. The topological polar surface area (TPSA) is 26.0 Å². The molecule has 0 radical (unpaired) electrons. The first-order valence-corrected chi connectivity index (χ1v) is 1.45. The van der Waals surface area contributed by atoms with Crippen molar-refractivity contribution in [1.29, 1.82) is 0 Å². The number of rotatable bonds is 1. The van der Waals surface area contributed by atoms with E-state index in [4.69, 9.17) is 5.73 Å². The van der Waals surface area contributed by atoms with Gasteiger partial charge in [-0.05, 0) is 0 Å². The molecule has 1 nitrogen and oxygen atoms in total. The van der Waals surface area contributed by atoms with Crippen molar-refractivity contribution < 1.29 is 58.2 Å². The predicted octanol–water partition coefficient (Wildman–Crippen LogP) is -2.48. The van der Waals surface area contributed by atoms with E-state index in [1.807, 2.05) is 6.92 Å². The first-order valence-electron chi connectivity index (χ1n) is 1.45. The minimum Gasteiger partial charge on any atom is -0.483 e. The van der Waals surface area contributed by atoms with E-state index in [-0.39, 0.29) is 58.2 Å². The average molecular weight is 144 g/mol. The minimum absolute atomic E-state index is 0. The normalized spacial score (nSPS) is 6.00. The molecule has 0 spiro atoms. The molecule has 0 aromatic rings. The van der Waals surface area contributed by atoms with E-state index in [0.717, 1.165) is 6.42 Å². The zero-order valence-electron chi connectivity index (χ0n) is 3.86. The summed E-state index contributed by atoms with van der Waals surface area (Å²) >= 11 is 0. The molecular formula is C3H8NRb. The van der Waals surface area contributed by atoms with Gasteiger partial charge in [-0.2, -0.15) is 6.42 Å². The van der Waals surface area contributed by atoms with Gasteiger partial charge in [0.25, 0.3) is 0 Å². The van der Waals surface area contributed by atoms with E-state index in [1.165, 1.54) is 0 Å². The average Bonchev–Trinajstić information content (AvgIpc) is 1.37. The molecule has 2 heteroatoms. The van der Waals surface area contributed by atoms with Crippen LogP contribution in [-0.2, 0) is 0 Å². The number of hydrogen-bond donors (Lipinski definition) is 1. The smallest absolute Gasteiger partial charge is 0.483 e. The number of hydrogen-bond acceptors (Lipinski definition) is 1. The van der Waals surface area contributed by atoms with Crippen LogP contribution in [0.5, 0.6) is 0 Å². The van der Waals surface area contributed by atoms with Crippen LogP contribution in [-0.4, -0.2) is 0 Å². The summed E-state index contributed by atoms with van der Waals surface area (Å²) in [5.41, 5.74) is 4.90. The molecule has 0 saturated carbocycles. The molecule has 0 aliphatic carbocycles. The molecular weight excluding hydrogens is 136 g/mol. The third kappa shape index (κ3) is 10.7. The molecule has 0 aromatic heterocycles. The van der Waals surface area contributed by atoms with Crippen LogP contribution in [0.4, 0.5) is 0 Å². The quantitative estimate of drug-likeness (QED) is 0.405. The second-order valence-electron chi connectivity index (χ2n) is 0.644. The van der Waals surface area contributed by atoms with E-state index in [0.29, 0.717) is 0 Å². The van der Waals surface area contributed by atoms with Crippen molar-refractivity contribution in [2.24, 2.45) is 5.73 Å². The Bertz CT molecular complexity index is 8.85. The van der Waals surface area contributed by atoms with E-state index >= 15 is 0 Å². The Hall–Kier alpha value is 1.77. The van der Waals surface area contributed by atoms with Crippen molar-refractivity contribution in [3.05, 3.63) is 6.54 Å². The second kappa shape index (κ2) is 9.23. The monoisotopic (exact) mass is 143 g/mol. The molecule has 5 heavy (non-hydrogen) atoms. The molecule has 0 aromatic carbocycles. The van der Waals surface area contributed by atoms with Gasteiger partial charge >= 0.3 is 58.2 Å². The van der Waals surface area contributed by atoms with Gasteiger partial charge in [0, 0.05) is 0 Å².